The fourth-order valence-corrected chi connectivity index (χ4v) is 17.8. The summed E-state index contributed by atoms with van der Waals surface area (Å²) >= 11 is 0. The van der Waals surface area contributed by atoms with Crippen LogP contribution in [0.1, 0.15) is 0 Å². The highest BCUT2D eigenvalue weighted by Crippen LogP contribution is 2.74. The van der Waals surface area contributed by atoms with E-state index in [-0.39, 0.29) is 0 Å². The van der Waals surface area contributed by atoms with Gasteiger partial charge >= 0.3 is 0 Å². The third-order valence-electron chi connectivity index (χ3n) is 13.1. The van der Waals surface area contributed by atoms with Crippen LogP contribution in [0.4, 0.5) is 0 Å². The summed E-state index contributed by atoms with van der Waals surface area (Å²) in [7, 11) is -3.74. The third kappa shape index (κ3) is 7.26. The molecule has 0 fully saturated rings. The van der Waals surface area contributed by atoms with E-state index in [0.717, 1.165) is 33.7 Å². The van der Waals surface area contributed by atoms with Gasteiger partial charge in [0.05, 0.1) is 16.7 Å². The van der Waals surface area contributed by atoms with E-state index in [4.69, 9.17) is 9.97 Å². The minimum atomic E-state index is -1.87. The van der Waals surface area contributed by atoms with Crippen LogP contribution in [0.2, 0.25) is 0 Å². The molecule has 0 saturated heterocycles. The van der Waals surface area contributed by atoms with E-state index in [0.29, 0.717) is 5.82 Å². The number of para-hydroxylation sites is 2. The first-order valence-electron chi connectivity index (χ1n) is 23.3. The lowest BCUT2D eigenvalue weighted by molar-refractivity contribution is 1.05. The van der Waals surface area contributed by atoms with E-state index in [1.54, 1.807) is 0 Å². The Morgan fingerprint density at radius 3 is 0.899 bits per heavy atom. The molecule has 2 heterocycles. The van der Waals surface area contributed by atoms with Gasteiger partial charge in [-0.15, -0.1) is 20.1 Å². The summed E-state index contributed by atoms with van der Waals surface area (Å²) in [4.78, 5) is 21.1. The lowest BCUT2D eigenvalue weighted by Gasteiger charge is -2.42. The van der Waals surface area contributed by atoms with Crippen molar-refractivity contribution >= 4 is 41.9 Å². The molecule has 0 amide bonds. The van der Waals surface area contributed by atoms with Gasteiger partial charge in [0.15, 0.2) is 5.82 Å². The Balaban J connectivity index is 1.05. The average molecular weight is 922 g/mol. The maximum Gasteiger partial charge on any atom is 0.162 e. The lowest BCUT2D eigenvalue weighted by Crippen LogP contribution is -2.06. The van der Waals surface area contributed by atoms with E-state index in [1.807, 2.05) is 0 Å². The van der Waals surface area contributed by atoms with Gasteiger partial charge in [-0.3, -0.25) is 4.57 Å². The molecule has 0 aliphatic heterocycles. The Kier molecular flexibility index (Phi) is 11.1. The van der Waals surface area contributed by atoms with E-state index in [1.165, 1.54) is 49.9 Å². The number of rotatable bonds is 11. The zero-order chi connectivity index (χ0) is 46.0. The number of hydrogen-bond donors (Lipinski definition) is 0. The van der Waals surface area contributed by atoms with Crippen molar-refractivity contribution in [2.45, 2.75) is 39.2 Å². The molecule has 69 heavy (non-hydrogen) atoms. The molecule has 0 atom stereocenters. The van der Waals surface area contributed by atoms with Crippen LogP contribution in [0.5, 0.6) is 0 Å². The van der Waals surface area contributed by atoms with Crippen molar-refractivity contribution in [3.63, 3.8) is 0 Å². The predicted molar refractivity (Wildman–Crippen MR) is 287 cm³/mol. The van der Waals surface area contributed by atoms with Gasteiger partial charge in [-0.1, -0.05) is 170 Å². The molecule has 10 aromatic carbocycles. The predicted octanol–water partition coefficient (Wildman–Crippen LogP) is 17.6. The molecule has 0 spiro atoms. The smallest absolute Gasteiger partial charge is 0.162 e. The van der Waals surface area contributed by atoms with Gasteiger partial charge in [0.25, 0.3) is 0 Å². The van der Waals surface area contributed by atoms with E-state index in [2.05, 4.69) is 290 Å². The molecule has 0 bridgehead atoms. The Morgan fingerprint density at radius 2 is 0.551 bits per heavy atom. The topological polar surface area (TPSA) is 30.7 Å². The molecular weight excluding hydrogens is 875 g/mol. The molecule has 0 radical (unpaired) electrons. The molecule has 5 heteroatoms. The SMILES string of the molecule is c1ccc(S(c2ccccc2)(c2ccccc2)c2ccc(-c3cc(-n4c5ccccc5c5ccccc54)nc(-c4ccc(S(c5ccccc5)(c5ccccc5)c5ccccc5)cc4)n3)cc2)cc1. The summed E-state index contributed by atoms with van der Waals surface area (Å²) < 4.78 is 2.30. The van der Waals surface area contributed by atoms with Crippen LogP contribution in [-0.4, -0.2) is 14.5 Å². The molecule has 330 valence electrons. The van der Waals surface area contributed by atoms with Gasteiger partial charge in [-0.25, -0.2) is 9.97 Å². The normalized spacial score (nSPS) is 12.2. The molecule has 0 aliphatic carbocycles. The molecule has 3 nitrogen and oxygen atoms in total. The fraction of sp³-hybridized carbons (Fsp3) is 0. The van der Waals surface area contributed by atoms with Crippen LogP contribution in [0, 0.1) is 0 Å². The van der Waals surface area contributed by atoms with Crippen molar-refractivity contribution in [3.8, 4) is 28.5 Å². The van der Waals surface area contributed by atoms with E-state index >= 15 is 0 Å². The second-order valence-electron chi connectivity index (χ2n) is 17.0. The molecule has 12 rings (SSSR count). The van der Waals surface area contributed by atoms with Crippen LogP contribution in [0.3, 0.4) is 0 Å². The van der Waals surface area contributed by atoms with Gasteiger partial charge in [0.2, 0.25) is 0 Å². The van der Waals surface area contributed by atoms with Crippen molar-refractivity contribution in [3.05, 3.63) is 285 Å². The van der Waals surface area contributed by atoms with Crippen LogP contribution in [0.15, 0.2) is 324 Å². The Bertz CT molecular complexity index is 3240. The highest BCUT2D eigenvalue weighted by atomic mass is 32.3. The molecule has 0 saturated carbocycles. The third-order valence-corrected chi connectivity index (χ3v) is 20.9. The van der Waals surface area contributed by atoms with Gasteiger partial charge < -0.3 is 0 Å². The first kappa shape index (κ1) is 42.2. The monoisotopic (exact) mass is 921 g/mol. The Hall–Kier alpha value is -8.22. The summed E-state index contributed by atoms with van der Waals surface area (Å²) in [5.74, 6) is 1.48. The molecular formula is C64H47N3S2. The highest BCUT2D eigenvalue weighted by Gasteiger charge is 2.35. The lowest BCUT2D eigenvalue weighted by atomic mass is 10.1. The average Bonchev–Trinajstić information content (AvgIpc) is 3.78. The Morgan fingerprint density at radius 1 is 0.261 bits per heavy atom. The second-order valence-corrected chi connectivity index (χ2v) is 23.2. The fourth-order valence-electron chi connectivity index (χ4n) is 10.0. The number of fused-ring (bicyclic) bond motifs is 3. The largest absolute Gasteiger partial charge is 0.294 e. The minimum Gasteiger partial charge on any atom is -0.294 e. The van der Waals surface area contributed by atoms with Crippen molar-refractivity contribution in [1.82, 2.24) is 14.5 Å². The quantitative estimate of drug-likeness (QED) is 0.129. The molecule has 2 aromatic heterocycles. The molecule has 0 aliphatic rings. The summed E-state index contributed by atoms with van der Waals surface area (Å²) in [6.45, 7) is 0. The maximum atomic E-state index is 5.48. The van der Waals surface area contributed by atoms with E-state index in [9.17, 15) is 0 Å². The van der Waals surface area contributed by atoms with E-state index < -0.39 is 20.1 Å². The van der Waals surface area contributed by atoms with Gasteiger partial charge in [0.1, 0.15) is 5.82 Å². The minimum absolute atomic E-state index is 0.664. The highest BCUT2D eigenvalue weighted by molar-refractivity contribution is 8.34. The van der Waals surface area contributed by atoms with Crippen LogP contribution < -0.4 is 0 Å². The zero-order valence-corrected chi connectivity index (χ0v) is 39.4. The molecule has 0 unspecified atom stereocenters. The van der Waals surface area contributed by atoms with Gasteiger partial charge in [-0.2, -0.15) is 0 Å². The van der Waals surface area contributed by atoms with Gasteiger partial charge in [0, 0.05) is 67.1 Å². The number of nitrogens with zero attached hydrogens (tertiary/aromatic N) is 3. The van der Waals surface area contributed by atoms with Crippen molar-refractivity contribution in [2.24, 2.45) is 0 Å². The molecule has 0 N–H and O–H groups in total. The standard InChI is InChI=1S/C64H47N3S2/c1-7-23-50(24-8-1)68(51-25-9-2-10-26-51,52-27-11-3-12-28-52)56-43-39-48(40-44-56)60-47-63(67-61-37-21-19-35-58(61)59-36-20-22-38-62(59)67)66-64(65-60)49-41-45-57(46-42-49)69(53-29-13-4-14-30-53,54-31-15-5-16-32-54)55-33-17-6-18-34-55/h1-47H. The van der Waals surface area contributed by atoms with Crippen molar-refractivity contribution in [1.29, 1.82) is 0 Å². The number of aromatic nitrogens is 3. The van der Waals surface area contributed by atoms with Crippen molar-refractivity contribution in [2.75, 3.05) is 0 Å². The zero-order valence-electron chi connectivity index (χ0n) is 37.8. The summed E-state index contributed by atoms with van der Waals surface area (Å²) in [5, 5.41) is 2.38. The first-order valence-corrected chi connectivity index (χ1v) is 26.6. The Labute approximate surface area is 406 Å². The summed E-state index contributed by atoms with van der Waals surface area (Å²) in [6.07, 6.45) is 0. The van der Waals surface area contributed by atoms with Crippen LogP contribution in [-0.2, 0) is 0 Å². The van der Waals surface area contributed by atoms with Crippen LogP contribution in [0.25, 0.3) is 50.3 Å². The summed E-state index contributed by atoms with van der Waals surface area (Å²) in [5.41, 5.74) is 5.02. The van der Waals surface area contributed by atoms with Gasteiger partial charge in [-0.05, 0) is 109 Å². The first-order chi connectivity index (χ1) is 34.2. The van der Waals surface area contributed by atoms with Crippen LogP contribution >= 0.6 is 20.1 Å². The number of benzene rings is 10. The summed E-state index contributed by atoms with van der Waals surface area (Å²) in [6, 6.07) is 104. The second kappa shape index (κ2) is 18.1. The molecule has 12 aromatic rings. The number of hydrogen-bond acceptors (Lipinski definition) is 2. The maximum absolute atomic E-state index is 5.48. The van der Waals surface area contributed by atoms with Crippen molar-refractivity contribution < 1.29 is 0 Å².